The number of hydrogen-bond acceptors (Lipinski definition) is 4. The molecule has 1 heterocycles. The van der Waals surface area contributed by atoms with E-state index in [1.54, 1.807) is 35.3 Å². The van der Waals surface area contributed by atoms with Gasteiger partial charge in [0.2, 0.25) is 5.91 Å². The molecule has 0 spiro atoms. The smallest absolute Gasteiger partial charge is 0.258 e. The van der Waals surface area contributed by atoms with Crippen LogP contribution in [0.15, 0.2) is 89.7 Å². The largest absolute Gasteiger partial charge is 0.489 e. The van der Waals surface area contributed by atoms with Crippen molar-refractivity contribution in [3.8, 4) is 5.75 Å². The number of nitrogens with one attached hydrogen (secondary N) is 1. The summed E-state index contributed by atoms with van der Waals surface area (Å²) >= 11 is 0. The standard InChI is InChI=1S/C28H27N3O3/c1-20(2)31(18-26-29-25-11-7-6-10-24(25)28(33)30-26)27(32)17-14-21-12-15-23(16-13-21)34-19-22-8-4-3-5-9-22/h3-17,20H,18-19H2,1-2H3,(H,29,30,33)/b17-14+. The lowest BCUT2D eigenvalue weighted by Gasteiger charge is -2.25. The molecule has 0 fully saturated rings. The lowest BCUT2D eigenvalue weighted by Crippen LogP contribution is -2.36. The molecule has 3 aromatic carbocycles. The number of para-hydroxylation sites is 1. The molecule has 172 valence electrons. The number of carbonyl (C=O) groups excluding carboxylic acids is 1. The summed E-state index contributed by atoms with van der Waals surface area (Å²) in [4.78, 5) is 34.3. The average Bonchev–Trinajstić information content (AvgIpc) is 2.86. The summed E-state index contributed by atoms with van der Waals surface area (Å²) in [6.07, 6.45) is 3.31. The molecule has 0 saturated heterocycles. The molecule has 0 unspecified atom stereocenters. The summed E-state index contributed by atoms with van der Waals surface area (Å²) in [5.74, 6) is 1.07. The molecule has 0 aliphatic rings. The number of ether oxygens (including phenoxy) is 1. The Hall–Kier alpha value is -4.19. The van der Waals surface area contributed by atoms with Crippen molar-refractivity contribution in [2.75, 3.05) is 0 Å². The van der Waals surface area contributed by atoms with Crippen LogP contribution in [0.3, 0.4) is 0 Å². The molecule has 4 rings (SSSR count). The highest BCUT2D eigenvalue weighted by Crippen LogP contribution is 2.16. The monoisotopic (exact) mass is 453 g/mol. The molecule has 0 radical (unpaired) electrons. The van der Waals surface area contributed by atoms with Gasteiger partial charge in [0.25, 0.3) is 5.56 Å². The summed E-state index contributed by atoms with van der Waals surface area (Å²) < 4.78 is 5.81. The van der Waals surface area contributed by atoms with E-state index < -0.39 is 0 Å². The SMILES string of the molecule is CC(C)N(Cc1nc2ccccc2c(=O)[nH]1)C(=O)/C=C/c1ccc(OCc2ccccc2)cc1. The summed E-state index contributed by atoms with van der Waals surface area (Å²) in [5, 5.41) is 0.532. The highest BCUT2D eigenvalue weighted by molar-refractivity contribution is 5.92. The molecule has 6 nitrogen and oxygen atoms in total. The van der Waals surface area contributed by atoms with E-state index in [4.69, 9.17) is 4.74 Å². The van der Waals surface area contributed by atoms with Gasteiger partial charge in [-0.15, -0.1) is 0 Å². The van der Waals surface area contributed by atoms with Gasteiger partial charge in [0.15, 0.2) is 0 Å². The zero-order valence-electron chi connectivity index (χ0n) is 19.3. The molecule has 1 amide bonds. The predicted molar refractivity (Wildman–Crippen MR) is 134 cm³/mol. The third kappa shape index (κ3) is 5.78. The van der Waals surface area contributed by atoms with Crippen LogP contribution in [0.25, 0.3) is 17.0 Å². The Morgan fingerprint density at radius 3 is 2.44 bits per heavy atom. The van der Waals surface area contributed by atoms with Gasteiger partial charge < -0.3 is 14.6 Å². The zero-order valence-corrected chi connectivity index (χ0v) is 19.3. The van der Waals surface area contributed by atoms with E-state index >= 15 is 0 Å². The van der Waals surface area contributed by atoms with Gasteiger partial charge in [0.05, 0.1) is 17.4 Å². The van der Waals surface area contributed by atoms with E-state index in [0.717, 1.165) is 16.9 Å². The number of carbonyl (C=O) groups is 1. The lowest BCUT2D eigenvalue weighted by atomic mass is 10.2. The van der Waals surface area contributed by atoms with Crippen molar-refractivity contribution in [1.82, 2.24) is 14.9 Å². The van der Waals surface area contributed by atoms with Gasteiger partial charge in [0, 0.05) is 12.1 Å². The first-order valence-corrected chi connectivity index (χ1v) is 11.2. The number of fused-ring (bicyclic) bond motifs is 1. The number of rotatable bonds is 8. The van der Waals surface area contributed by atoms with E-state index in [0.29, 0.717) is 23.3 Å². The molecule has 1 aromatic heterocycles. The number of hydrogen-bond donors (Lipinski definition) is 1. The molecule has 0 atom stereocenters. The fraction of sp³-hybridized carbons (Fsp3) is 0.179. The summed E-state index contributed by atoms with van der Waals surface area (Å²) in [5.41, 5.74) is 2.40. The second-order valence-electron chi connectivity index (χ2n) is 8.27. The van der Waals surface area contributed by atoms with Crippen molar-refractivity contribution in [3.05, 3.63) is 112 Å². The summed E-state index contributed by atoms with van der Waals surface area (Å²) in [6.45, 7) is 4.59. The Bertz CT molecular complexity index is 1340. The number of amides is 1. The fourth-order valence-electron chi connectivity index (χ4n) is 3.57. The molecule has 0 bridgehead atoms. The minimum absolute atomic E-state index is 0.0670. The third-order valence-corrected chi connectivity index (χ3v) is 5.44. The van der Waals surface area contributed by atoms with Gasteiger partial charge in [-0.3, -0.25) is 9.59 Å². The van der Waals surface area contributed by atoms with Crippen LogP contribution in [0.1, 0.15) is 30.8 Å². The maximum atomic E-state index is 12.9. The van der Waals surface area contributed by atoms with Gasteiger partial charge in [-0.1, -0.05) is 54.6 Å². The minimum atomic E-state index is -0.207. The topological polar surface area (TPSA) is 75.3 Å². The van der Waals surface area contributed by atoms with Crippen LogP contribution in [0.4, 0.5) is 0 Å². The number of benzene rings is 3. The maximum Gasteiger partial charge on any atom is 0.258 e. The van der Waals surface area contributed by atoms with Crippen molar-refractivity contribution in [1.29, 1.82) is 0 Å². The lowest BCUT2D eigenvalue weighted by molar-refractivity contribution is -0.128. The van der Waals surface area contributed by atoms with Crippen molar-refractivity contribution in [3.63, 3.8) is 0 Å². The summed E-state index contributed by atoms with van der Waals surface area (Å²) in [6, 6.07) is 24.7. The van der Waals surface area contributed by atoms with Gasteiger partial charge in [-0.2, -0.15) is 0 Å². The fourth-order valence-corrected chi connectivity index (χ4v) is 3.57. The van der Waals surface area contributed by atoms with E-state index in [2.05, 4.69) is 9.97 Å². The van der Waals surface area contributed by atoms with Gasteiger partial charge in [0.1, 0.15) is 18.2 Å². The first-order chi connectivity index (χ1) is 16.5. The zero-order chi connectivity index (χ0) is 23.9. The van der Waals surface area contributed by atoms with Gasteiger partial charge in [-0.25, -0.2) is 4.98 Å². The van der Waals surface area contributed by atoms with Crippen LogP contribution in [0.5, 0.6) is 5.75 Å². The minimum Gasteiger partial charge on any atom is -0.489 e. The van der Waals surface area contributed by atoms with Crippen LogP contribution in [0.2, 0.25) is 0 Å². The Labute approximate surface area is 198 Å². The highest BCUT2D eigenvalue weighted by atomic mass is 16.5. The summed E-state index contributed by atoms with van der Waals surface area (Å²) in [7, 11) is 0. The number of aromatic amines is 1. The van der Waals surface area contributed by atoms with Crippen LogP contribution < -0.4 is 10.3 Å². The Balaban J connectivity index is 1.41. The maximum absolute atomic E-state index is 12.9. The molecule has 0 saturated carbocycles. The second kappa shape index (κ2) is 10.6. The van der Waals surface area contributed by atoms with Crippen LogP contribution >= 0.6 is 0 Å². The third-order valence-electron chi connectivity index (χ3n) is 5.44. The van der Waals surface area contributed by atoms with Crippen LogP contribution in [-0.2, 0) is 17.9 Å². The van der Waals surface area contributed by atoms with Crippen molar-refractivity contribution in [2.45, 2.75) is 33.0 Å². The molecular weight excluding hydrogens is 426 g/mol. The van der Waals surface area contributed by atoms with Crippen molar-refractivity contribution in [2.24, 2.45) is 0 Å². The highest BCUT2D eigenvalue weighted by Gasteiger charge is 2.17. The molecule has 1 N–H and O–H groups in total. The van der Waals surface area contributed by atoms with E-state index in [1.165, 1.54) is 0 Å². The average molecular weight is 454 g/mol. The molecule has 6 heteroatoms. The predicted octanol–water partition coefficient (Wildman–Crippen LogP) is 4.95. The van der Waals surface area contributed by atoms with E-state index in [-0.39, 0.29) is 24.1 Å². The second-order valence-corrected chi connectivity index (χ2v) is 8.27. The Morgan fingerprint density at radius 1 is 1.00 bits per heavy atom. The molecular formula is C28H27N3O3. The van der Waals surface area contributed by atoms with Crippen LogP contribution in [0, 0.1) is 0 Å². The van der Waals surface area contributed by atoms with Crippen molar-refractivity contribution < 1.29 is 9.53 Å². The van der Waals surface area contributed by atoms with Gasteiger partial charge >= 0.3 is 0 Å². The van der Waals surface area contributed by atoms with E-state index in [9.17, 15) is 9.59 Å². The van der Waals surface area contributed by atoms with Crippen molar-refractivity contribution >= 4 is 22.9 Å². The number of nitrogens with zero attached hydrogens (tertiary/aromatic N) is 2. The molecule has 0 aliphatic carbocycles. The number of aromatic nitrogens is 2. The quantitative estimate of drug-likeness (QED) is 0.383. The number of H-pyrrole nitrogens is 1. The molecule has 0 aliphatic heterocycles. The van der Waals surface area contributed by atoms with E-state index in [1.807, 2.05) is 74.5 Å². The molecule has 34 heavy (non-hydrogen) atoms. The normalized spacial score (nSPS) is 11.3. The Morgan fingerprint density at radius 2 is 1.71 bits per heavy atom. The Kier molecular flexibility index (Phi) is 7.18. The first kappa shape index (κ1) is 23.0. The van der Waals surface area contributed by atoms with Crippen LogP contribution in [-0.4, -0.2) is 26.8 Å². The molecule has 4 aromatic rings. The van der Waals surface area contributed by atoms with Gasteiger partial charge in [-0.05, 0) is 55.3 Å². The first-order valence-electron chi connectivity index (χ1n) is 11.2.